The third-order valence-corrected chi connectivity index (χ3v) is 11.4. The number of anilines is 2. The van der Waals surface area contributed by atoms with E-state index in [0.717, 1.165) is 75.0 Å². The number of aryl methyl sites for hydroxylation is 1. The Morgan fingerprint density at radius 1 is 1.26 bits per heavy atom. The SMILES string of the molecule is C#COCCC1CNCCN1c1cc(O[C@@H](C)[C@@H]2CCCN2C)nc(C(=O)C2=C(N)[C@@]3(CCC2)CCCc2sc(N)c(C#N)c23)n1. The molecule has 11 nitrogen and oxygen atoms in total. The standard InChI is InChI=1S/C34H44N8O3S/c1-4-44-17-11-22-20-38-14-16-42(22)27-18-28(45-21(2)25-9-7-15-41(25)3)40-33(39-27)30(43)23-8-5-12-34(31(23)36)13-6-10-26-29(34)24(19-35)32(37)46-26/h1,18,21-22,25,38H,5-17,20,36-37H2,2-3H3/t21-,22?,25-,34-/m0/s1. The van der Waals surface area contributed by atoms with E-state index in [4.69, 9.17) is 37.3 Å². The Morgan fingerprint density at radius 3 is 2.80 bits per heavy atom. The number of thiophene rings is 1. The average Bonchev–Trinajstić information content (AvgIpc) is 3.64. The number of nitriles is 1. The van der Waals surface area contributed by atoms with Gasteiger partial charge >= 0.3 is 0 Å². The molecule has 0 radical (unpaired) electrons. The summed E-state index contributed by atoms with van der Waals surface area (Å²) in [5.74, 6) is 0.799. The number of fused-ring (bicyclic) bond motifs is 2. The van der Waals surface area contributed by atoms with Crippen molar-refractivity contribution in [2.24, 2.45) is 5.73 Å². The minimum Gasteiger partial charge on any atom is -0.473 e. The number of aromatic nitrogens is 2. The molecule has 0 amide bonds. The normalized spacial score (nSPS) is 25.5. The predicted molar refractivity (Wildman–Crippen MR) is 179 cm³/mol. The molecule has 244 valence electrons. The molecule has 1 spiro atoms. The molecular formula is C34H44N8O3S. The number of carbonyl (C=O) groups excluding carboxylic acids is 1. The molecule has 46 heavy (non-hydrogen) atoms. The smallest absolute Gasteiger partial charge is 0.228 e. The maximum absolute atomic E-state index is 14.5. The van der Waals surface area contributed by atoms with Gasteiger partial charge in [0.2, 0.25) is 17.5 Å². The van der Waals surface area contributed by atoms with E-state index in [9.17, 15) is 10.1 Å². The molecule has 5 N–H and O–H groups in total. The maximum atomic E-state index is 14.5. The van der Waals surface area contributed by atoms with Gasteiger partial charge in [0.05, 0.1) is 5.56 Å². The van der Waals surface area contributed by atoms with Crippen LogP contribution >= 0.6 is 11.3 Å². The van der Waals surface area contributed by atoms with Crippen LogP contribution in [0.2, 0.25) is 0 Å². The first-order chi connectivity index (χ1) is 22.3. The van der Waals surface area contributed by atoms with E-state index in [1.54, 1.807) is 0 Å². The molecule has 4 atom stereocenters. The van der Waals surface area contributed by atoms with E-state index in [-0.39, 0.29) is 29.8 Å². The number of likely N-dealkylation sites (N-methyl/N-ethyl adjacent to an activating group) is 1. The molecule has 2 aliphatic heterocycles. The van der Waals surface area contributed by atoms with E-state index in [1.807, 2.05) is 6.07 Å². The molecule has 2 fully saturated rings. The van der Waals surface area contributed by atoms with Crippen LogP contribution < -0.4 is 26.4 Å². The zero-order valence-corrected chi connectivity index (χ0v) is 27.6. The molecular weight excluding hydrogens is 600 g/mol. The van der Waals surface area contributed by atoms with Crippen molar-refractivity contribution in [3.05, 3.63) is 39.2 Å². The van der Waals surface area contributed by atoms with Crippen molar-refractivity contribution in [3.8, 4) is 24.5 Å². The molecule has 2 aromatic heterocycles. The number of hydrogen-bond donors (Lipinski definition) is 3. The predicted octanol–water partition coefficient (Wildman–Crippen LogP) is 3.48. The summed E-state index contributed by atoms with van der Waals surface area (Å²) in [5, 5.41) is 14.0. The van der Waals surface area contributed by atoms with Crippen molar-refractivity contribution in [1.29, 1.82) is 5.26 Å². The van der Waals surface area contributed by atoms with Gasteiger partial charge in [-0.05, 0) is 77.4 Å². The Hall–Kier alpha value is -3.84. The van der Waals surface area contributed by atoms with Gasteiger partial charge in [-0.2, -0.15) is 10.2 Å². The lowest BCUT2D eigenvalue weighted by atomic mass is 9.62. The monoisotopic (exact) mass is 644 g/mol. The highest BCUT2D eigenvalue weighted by Crippen LogP contribution is 2.53. The molecule has 2 aromatic rings. The maximum Gasteiger partial charge on any atom is 0.228 e. The Labute approximate surface area is 275 Å². The molecule has 6 rings (SSSR count). The molecule has 4 heterocycles. The van der Waals surface area contributed by atoms with Crippen LogP contribution in [0.1, 0.15) is 84.9 Å². The Kier molecular flexibility index (Phi) is 9.42. The van der Waals surface area contributed by atoms with Crippen LogP contribution in [0.5, 0.6) is 5.88 Å². The zero-order chi connectivity index (χ0) is 32.4. The van der Waals surface area contributed by atoms with Gasteiger partial charge in [0.1, 0.15) is 35.7 Å². The van der Waals surface area contributed by atoms with E-state index < -0.39 is 5.41 Å². The first-order valence-electron chi connectivity index (χ1n) is 16.4. The van der Waals surface area contributed by atoms with Gasteiger partial charge in [0.25, 0.3) is 0 Å². The summed E-state index contributed by atoms with van der Waals surface area (Å²) < 4.78 is 11.7. The quantitative estimate of drug-likeness (QED) is 0.209. The molecule has 1 unspecified atom stereocenters. The Balaban J connectivity index is 1.40. The fourth-order valence-corrected chi connectivity index (χ4v) is 9.24. The fourth-order valence-electron chi connectivity index (χ4n) is 8.08. The average molecular weight is 645 g/mol. The van der Waals surface area contributed by atoms with Crippen LogP contribution in [0.25, 0.3) is 0 Å². The number of Topliss-reactive ketones (excluding diaryl/α,β-unsaturated/α-hetero) is 1. The van der Waals surface area contributed by atoms with E-state index in [2.05, 4.69) is 41.3 Å². The van der Waals surface area contributed by atoms with Gasteiger partial charge in [0, 0.05) is 65.8 Å². The lowest BCUT2D eigenvalue weighted by molar-refractivity contribution is 0.0998. The highest BCUT2D eigenvalue weighted by atomic mass is 32.1. The second kappa shape index (κ2) is 13.5. The van der Waals surface area contributed by atoms with Gasteiger partial charge in [0.15, 0.2) is 0 Å². The van der Waals surface area contributed by atoms with Gasteiger partial charge in [-0.3, -0.25) is 9.69 Å². The number of terminal acetylenes is 1. The third kappa shape index (κ3) is 5.90. The van der Waals surface area contributed by atoms with Gasteiger partial charge < -0.3 is 31.2 Å². The van der Waals surface area contributed by atoms with Gasteiger partial charge in [-0.25, -0.2) is 4.98 Å². The number of carbonyl (C=O) groups is 1. The number of ether oxygens (including phenoxy) is 2. The molecule has 2 saturated heterocycles. The highest BCUT2D eigenvalue weighted by molar-refractivity contribution is 7.16. The van der Waals surface area contributed by atoms with Crippen LogP contribution in [0.3, 0.4) is 0 Å². The zero-order valence-electron chi connectivity index (χ0n) is 26.8. The lowest BCUT2D eigenvalue weighted by Gasteiger charge is -2.42. The first-order valence-corrected chi connectivity index (χ1v) is 17.2. The number of likely N-dealkylation sites (tertiary alicyclic amines) is 1. The molecule has 2 aliphatic carbocycles. The van der Waals surface area contributed by atoms with E-state index in [0.29, 0.717) is 59.5 Å². The second-order valence-electron chi connectivity index (χ2n) is 13.0. The number of ketones is 1. The van der Waals surface area contributed by atoms with Crippen molar-refractivity contribution >= 4 is 27.9 Å². The highest BCUT2D eigenvalue weighted by Gasteiger charge is 2.46. The summed E-state index contributed by atoms with van der Waals surface area (Å²) in [7, 11) is 2.12. The summed E-state index contributed by atoms with van der Waals surface area (Å²) in [6.45, 7) is 5.70. The molecule has 0 aromatic carbocycles. The molecule has 0 bridgehead atoms. The summed E-state index contributed by atoms with van der Waals surface area (Å²) in [4.78, 5) is 29.7. The molecule has 0 saturated carbocycles. The van der Waals surface area contributed by atoms with E-state index >= 15 is 0 Å². The minimum absolute atomic E-state index is 0.0579. The van der Waals surface area contributed by atoms with Crippen LogP contribution in [0.15, 0.2) is 17.3 Å². The van der Waals surface area contributed by atoms with Crippen molar-refractivity contribution < 1.29 is 14.3 Å². The number of nitrogen functional groups attached to an aromatic ring is 1. The van der Waals surface area contributed by atoms with Gasteiger partial charge in [-0.15, -0.1) is 11.3 Å². The topological polar surface area (TPSA) is 156 Å². The van der Waals surface area contributed by atoms with Gasteiger partial charge in [-0.1, -0.05) is 6.42 Å². The largest absolute Gasteiger partial charge is 0.473 e. The fraction of sp³-hybridized carbons (Fsp3) is 0.588. The van der Waals surface area contributed by atoms with Crippen molar-refractivity contribution in [2.75, 3.05) is 50.5 Å². The van der Waals surface area contributed by atoms with Crippen LogP contribution in [0.4, 0.5) is 10.8 Å². The summed E-state index contributed by atoms with van der Waals surface area (Å²) >= 11 is 1.48. The van der Waals surface area contributed by atoms with Crippen LogP contribution in [0, 0.1) is 23.9 Å². The molecule has 4 aliphatic rings. The lowest BCUT2D eigenvalue weighted by Crippen LogP contribution is -2.52. The van der Waals surface area contributed by atoms with E-state index in [1.165, 1.54) is 11.3 Å². The number of rotatable bonds is 9. The van der Waals surface area contributed by atoms with Crippen LogP contribution in [-0.4, -0.2) is 78.7 Å². The van der Waals surface area contributed by atoms with Crippen molar-refractivity contribution in [2.45, 2.75) is 88.3 Å². The number of allylic oxidation sites excluding steroid dienone is 2. The molecule has 12 heteroatoms. The number of nitrogens with two attached hydrogens (primary N) is 2. The number of nitrogens with one attached hydrogen (secondary N) is 1. The third-order valence-electron chi connectivity index (χ3n) is 10.3. The van der Waals surface area contributed by atoms with Crippen molar-refractivity contribution in [3.63, 3.8) is 0 Å². The first kappa shape index (κ1) is 32.1. The second-order valence-corrected chi connectivity index (χ2v) is 14.1. The summed E-state index contributed by atoms with van der Waals surface area (Å²) in [6.07, 6.45) is 14.9. The summed E-state index contributed by atoms with van der Waals surface area (Å²) in [5.41, 5.74) is 15.2. The van der Waals surface area contributed by atoms with Crippen LogP contribution in [-0.2, 0) is 16.6 Å². The summed E-state index contributed by atoms with van der Waals surface area (Å²) in [6, 6.07) is 4.50. The Morgan fingerprint density at radius 2 is 2.07 bits per heavy atom. The van der Waals surface area contributed by atoms with Crippen molar-refractivity contribution in [1.82, 2.24) is 20.2 Å². The minimum atomic E-state index is -0.588. The number of piperazine rings is 1. The number of hydrogen-bond acceptors (Lipinski definition) is 12. The number of nitrogens with zero attached hydrogens (tertiary/aromatic N) is 5. The Bertz CT molecular complexity index is 1590.